The number of rotatable bonds is 7. The van der Waals surface area contributed by atoms with E-state index in [-0.39, 0.29) is 5.91 Å². The van der Waals surface area contributed by atoms with E-state index in [2.05, 4.69) is 16.6 Å². The molecule has 1 aliphatic rings. The van der Waals surface area contributed by atoms with E-state index >= 15 is 0 Å². The smallest absolute Gasteiger partial charge is 0.266 e. The molecule has 1 aromatic heterocycles. The molecule has 3 aromatic rings. The van der Waals surface area contributed by atoms with Gasteiger partial charge in [0.15, 0.2) is 5.17 Å². The molecule has 2 heterocycles. The van der Waals surface area contributed by atoms with E-state index in [0.29, 0.717) is 28.4 Å². The number of hydrogen-bond acceptors (Lipinski definition) is 6. The Kier molecular flexibility index (Phi) is 6.64. The lowest BCUT2D eigenvalue weighted by atomic mass is 10.2. The van der Waals surface area contributed by atoms with Crippen molar-refractivity contribution in [2.24, 2.45) is 4.99 Å². The molecular formula is C24H21N3O2S2. The number of carbonyl (C=O) groups is 1. The molecule has 1 amide bonds. The molecule has 4 rings (SSSR count). The molecule has 0 spiro atoms. The Morgan fingerprint density at radius 1 is 1.16 bits per heavy atom. The van der Waals surface area contributed by atoms with E-state index in [0.717, 1.165) is 22.6 Å². The summed E-state index contributed by atoms with van der Waals surface area (Å²) < 4.78 is 5.51. The van der Waals surface area contributed by atoms with Gasteiger partial charge in [-0.2, -0.15) is 4.99 Å². The van der Waals surface area contributed by atoms with E-state index in [4.69, 9.17) is 4.74 Å². The molecule has 0 atom stereocenters. The highest BCUT2D eigenvalue weighted by Gasteiger charge is 2.32. The monoisotopic (exact) mass is 447 g/mol. The summed E-state index contributed by atoms with van der Waals surface area (Å²) in [5, 5.41) is 3.27. The number of hydrogen-bond donors (Lipinski definition) is 0. The number of ether oxygens (including phenoxy) is 1. The Morgan fingerprint density at radius 2 is 1.94 bits per heavy atom. The number of likely N-dealkylation sites (N-methyl/N-ethyl adjacent to an activating group) is 1. The summed E-state index contributed by atoms with van der Waals surface area (Å²) in [7, 11) is 0. The number of aliphatic imine (C=N–C) groups is 1. The Labute approximate surface area is 189 Å². The van der Waals surface area contributed by atoms with E-state index in [9.17, 15) is 4.79 Å². The lowest BCUT2D eigenvalue weighted by molar-refractivity contribution is -0.122. The van der Waals surface area contributed by atoms with Crippen molar-refractivity contribution in [3.63, 3.8) is 0 Å². The van der Waals surface area contributed by atoms with Crippen molar-refractivity contribution in [2.45, 2.75) is 6.92 Å². The highest BCUT2D eigenvalue weighted by Crippen LogP contribution is 2.35. The number of benzene rings is 2. The van der Waals surface area contributed by atoms with Gasteiger partial charge in [-0.1, -0.05) is 55.1 Å². The van der Waals surface area contributed by atoms with Crippen LogP contribution in [0, 0.1) is 0 Å². The predicted molar refractivity (Wildman–Crippen MR) is 130 cm³/mol. The van der Waals surface area contributed by atoms with Crippen LogP contribution in [0.5, 0.6) is 5.75 Å². The first-order chi connectivity index (χ1) is 15.2. The van der Waals surface area contributed by atoms with Gasteiger partial charge in [0.05, 0.1) is 10.6 Å². The number of nitrogens with zero attached hydrogens (tertiary/aromatic N) is 3. The second-order valence-electron chi connectivity index (χ2n) is 6.60. The van der Waals surface area contributed by atoms with E-state index in [1.54, 1.807) is 11.0 Å². The van der Waals surface area contributed by atoms with E-state index in [1.807, 2.05) is 73.0 Å². The number of thioether (sulfide) groups is 1. The van der Waals surface area contributed by atoms with Gasteiger partial charge in [0, 0.05) is 17.5 Å². The van der Waals surface area contributed by atoms with Crippen LogP contribution < -0.4 is 4.74 Å². The van der Waals surface area contributed by atoms with Crippen molar-refractivity contribution in [1.29, 1.82) is 0 Å². The zero-order chi connectivity index (χ0) is 21.6. The van der Waals surface area contributed by atoms with Gasteiger partial charge in [0.2, 0.25) is 5.13 Å². The molecular weight excluding hydrogens is 426 g/mol. The van der Waals surface area contributed by atoms with Crippen LogP contribution in [0.2, 0.25) is 0 Å². The quantitative estimate of drug-likeness (QED) is 0.329. The molecule has 0 aliphatic carbocycles. The number of aromatic nitrogens is 1. The van der Waals surface area contributed by atoms with Gasteiger partial charge in [-0.3, -0.25) is 9.69 Å². The van der Waals surface area contributed by atoms with Crippen LogP contribution in [0.3, 0.4) is 0 Å². The maximum absolute atomic E-state index is 12.9. The molecule has 2 aromatic carbocycles. The van der Waals surface area contributed by atoms with Crippen molar-refractivity contribution in [1.82, 2.24) is 9.88 Å². The predicted octanol–water partition coefficient (Wildman–Crippen LogP) is 6.00. The molecule has 5 nitrogen and oxygen atoms in total. The normalized spacial score (nSPS) is 16.3. The van der Waals surface area contributed by atoms with Crippen LogP contribution in [-0.2, 0) is 4.79 Å². The summed E-state index contributed by atoms with van der Waals surface area (Å²) in [4.78, 5) is 24.5. The first-order valence-electron chi connectivity index (χ1n) is 9.82. The first kappa shape index (κ1) is 21.1. The van der Waals surface area contributed by atoms with Crippen LogP contribution in [0.25, 0.3) is 17.3 Å². The van der Waals surface area contributed by atoms with Gasteiger partial charge in [-0.15, -0.1) is 11.3 Å². The molecule has 31 heavy (non-hydrogen) atoms. The highest BCUT2D eigenvalue weighted by molar-refractivity contribution is 8.18. The van der Waals surface area contributed by atoms with Crippen LogP contribution in [0.1, 0.15) is 12.5 Å². The maximum atomic E-state index is 12.9. The Bertz CT molecular complexity index is 1140. The summed E-state index contributed by atoms with van der Waals surface area (Å²) in [5.74, 6) is 0.723. The molecule has 0 saturated carbocycles. The van der Waals surface area contributed by atoms with Crippen molar-refractivity contribution in [3.05, 3.63) is 83.1 Å². The zero-order valence-corrected chi connectivity index (χ0v) is 18.7. The maximum Gasteiger partial charge on any atom is 0.266 e. The largest absolute Gasteiger partial charge is 0.490 e. The minimum absolute atomic E-state index is 0.0435. The molecule has 1 saturated heterocycles. The van der Waals surface area contributed by atoms with Crippen LogP contribution in [-0.4, -0.2) is 34.1 Å². The fourth-order valence-electron chi connectivity index (χ4n) is 2.98. The molecule has 156 valence electrons. The minimum atomic E-state index is -0.0435. The summed E-state index contributed by atoms with van der Waals surface area (Å²) >= 11 is 2.84. The van der Waals surface area contributed by atoms with Crippen LogP contribution in [0.15, 0.2) is 82.5 Å². The van der Waals surface area contributed by atoms with Gasteiger partial charge in [-0.25, -0.2) is 4.98 Å². The molecule has 1 fully saturated rings. The Balaban J connectivity index is 1.55. The molecule has 0 bridgehead atoms. The third-order valence-corrected chi connectivity index (χ3v) is 6.24. The highest BCUT2D eigenvalue weighted by atomic mass is 32.2. The van der Waals surface area contributed by atoms with Crippen LogP contribution >= 0.6 is 23.1 Å². The zero-order valence-electron chi connectivity index (χ0n) is 17.0. The molecule has 7 heteroatoms. The second-order valence-corrected chi connectivity index (χ2v) is 8.45. The summed E-state index contributed by atoms with van der Waals surface area (Å²) in [6.07, 6.45) is 3.59. The molecule has 0 unspecified atom stereocenters. The average molecular weight is 448 g/mol. The van der Waals surface area contributed by atoms with Crippen molar-refractivity contribution < 1.29 is 9.53 Å². The van der Waals surface area contributed by atoms with Crippen molar-refractivity contribution in [3.8, 4) is 17.0 Å². The number of amidine groups is 1. The number of carbonyl (C=O) groups excluding carboxylic acids is 1. The summed E-state index contributed by atoms with van der Waals surface area (Å²) in [5.41, 5.74) is 2.87. The SMILES string of the molecule is C=CCOc1ccc(/C=C2\S/C(=N/c3nc(-c4ccccc4)cs3)N(CC)C2=O)cc1. The fourth-order valence-corrected chi connectivity index (χ4v) is 4.77. The molecule has 1 aliphatic heterocycles. The number of amides is 1. The van der Waals surface area contributed by atoms with Gasteiger partial charge < -0.3 is 4.74 Å². The van der Waals surface area contributed by atoms with Crippen LogP contribution in [0.4, 0.5) is 5.13 Å². The van der Waals surface area contributed by atoms with E-state index in [1.165, 1.54) is 23.1 Å². The van der Waals surface area contributed by atoms with Gasteiger partial charge in [-0.05, 0) is 42.5 Å². The van der Waals surface area contributed by atoms with E-state index < -0.39 is 0 Å². The molecule has 0 N–H and O–H groups in total. The molecule has 0 radical (unpaired) electrons. The minimum Gasteiger partial charge on any atom is -0.490 e. The Morgan fingerprint density at radius 3 is 2.65 bits per heavy atom. The lowest BCUT2D eigenvalue weighted by Crippen LogP contribution is -2.28. The lowest BCUT2D eigenvalue weighted by Gasteiger charge is -2.11. The third-order valence-electron chi connectivity index (χ3n) is 4.50. The van der Waals surface area contributed by atoms with Gasteiger partial charge >= 0.3 is 0 Å². The Hall–Kier alpha value is -3.16. The summed E-state index contributed by atoms with van der Waals surface area (Å²) in [6, 6.07) is 17.6. The van der Waals surface area contributed by atoms with Crippen molar-refractivity contribution in [2.75, 3.05) is 13.2 Å². The van der Waals surface area contributed by atoms with Gasteiger partial charge in [0.1, 0.15) is 12.4 Å². The average Bonchev–Trinajstić information content (AvgIpc) is 3.38. The fraction of sp³-hybridized carbons (Fsp3) is 0.125. The third kappa shape index (κ3) is 4.95. The van der Waals surface area contributed by atoms with Crippen molar-refractivity contribution >= 4 is 45.4 Å². The topological polar surface area (TPSA) is 54.8 Å². The van der Waals surface area contributed by atoms with Gasteiger partial charge in [0.25, 0.3) is 5.91 Å². The second kappa shape index (κ2) is 9.76. The number of thiazole rings is 1. The standard InChI is InChI=1S/C24H21N3O2S2/c1-3-14-29-19-12-10-17(11-13-19)15-21-22(28)27(4-2)24(31-21)26-23-25-20(16-30-23)18-8-6-5-7-9-18/h3,5-13,15-16H,1,4,14H2,2H3/b21-15-,26-24+. The first-order valence-corrected chi connectivity index (χ1v) is 11.5. The summed E-state index contributed by atoms with van der Waals surface area (Å²) in [6.45, 7) is 6.60.